The highest BCUT2D eigenvalue weighted by atomic mass is 32.1. The summed E-state index contributed by atoms with van der Waals surface area (Å²) in [7, 11) is 0. The minimum Gasteiger partial charge on any atom is -0.385 e. The number of carbonyl (C=O) groups is 1. The van der Waals surface area contributed by atoms with E-state index < -0.39 is 0 Å². The molecule has 0 saturated carbocycles. The summed E-state index contributed by atoms with van der Waals surface area (Å²) < 4.78 is 0. The molecule has 86 valence electrons. The third-order valence-corrected chi connectivity index (χ3v) is 3.89. The Balaban J connectivity index is 1.98. The molecule has 2 nitrogen and oxygen atoms in total. The van der Waals surface area contributed by atoms with E-state index in [1.165, 1.54) is 0 Å². The maximum Gasteiger partial charge on any atom is 0.171 e. The largest absolute Gasteiger partial charge is 0.385 e. The summed E-state index contributed by atoms with van der Waals surface area (Å²) in [6, 6.07) is 10.0. The van der Waals surface area contributed by atoms with Crippen molar-refractivity contribution in [1.82, 2.24) is 0 Å². The maximum absolute atomic E-state index is 12.4. The van der Waals surface area contributed by atoms with Crippen LogP contribution < -0.4 is 5.32 Å². The van der Waals surface area contributed by atoms with Crippen molar-refractivity contribution in [2.24, 2.45) is 0 Å². The molecule has 3 heteroatoms. The Morgan fingerprint density at radius 2 is 2.18 bits per heavy atom. The van der Waals surface area contributed by atoms with Crippen LogP contribution in [0, 0.1) is 0 Å². The van der Waals surface area contributed by atoms with E-state index in [9.17, 15) is 4.79 Å². The summed E-state index contributed by atoms with van der Waals surface area (Å²) in [5.41, 5.74) is 3.08. The minimum absolute atomic E-state index is 0.0158. The Labute approximate surface area is 104 Å². The third-order valence-electron chi connectivity index (χ3n) is 3.21. The second-order valence-corrected chi connectivity index (χ2v) is 5.01. The summed E-state index contributed by atoms with van der Waals surface area (Å²) in [6.45, 7) is 0.873. The van der Waals surface area contributed by atoms with Crippen LogP contribution in [-0.2, 0) is 0 Å². The second kappa shape index (κ2) is 4.34. The molecule has 17 heavy (non-hydrogen) atoms. The Bertz CT molecular complexity index is 533. The number of hydrogen-bond donors (Lipinski definition) is 1. The van der Waals surface area contributed by atoms with Gasteiger partial charge in [-0.2, -0.15) is 11.3 Å². The van der Waals surface area contributed by atoms with Crippen LogP contribution in [0.15, 0.2) is 41.1 Å². The van der Waals surface area contributed by atoms with Gasteiger partial charge in [0.05, 0.1) is 5.92 Å². The fourth-order valence-corrected chi connectivity index (χ4v) is 2.99. The van der Waals surface area contributed by atoms with E-state index in [0.717, 1.165) is 29.8 Å². The first-order valence-corrected chi connectivity index (χ1v) is 6.70. The molecule has 0 aliphatic carbocycles. The number of Topliss-reactive ketones (excluding diaryl/α,β-unsaturated/α-hetero) is 1. The first-order chi connectivity index (χ1) is 8.36. The Morgan fingerprint density at radius 3 is 3.00 bits per heavy atom. The van der Waals surface area contributed by atoms with E-state index in [2.05, 4.69) is 11.4 Å². The lowest BCUT2D eigenvalue weighted by Gasteiger charge is -2.25. The number of para-hydroxylation sites is 1. The molecule has 0 radical (unpaired) electrons. The zero-order valence-electron chi connectivity index (χ0n) is 9.35. The van der Waals surface area contributed by atoms with Crippen LogP contribution in [0.4, 0.5) is 5.69 Å². The van der Waals surface area contributed by atoms with E-state index in [1.807, 2.05) is 35.0 Å². The molecule has 0 bridgehead atoms. The van der Waals surface area contributed by atoms with Crippen molar-refractivity contribution in [2.75, 3.05) is 11.9 Å². The lowest BCUT2D eigenvalue weighted by atomic mass is 9.85. The molecular weight excluding hydrogens is 230 g/mol. The fourth-order valence-electron chi connectivity index (χ4n) is 2.35. The molecule has 1 aliphatic rings. The van der Waals surface area contributed by atoms with Crippen molar-refractivity contribution in [3.8, 4) is 0 Å². The number of thiophene rings is 1. The van der Waals surface area contributed by atoms with Crippen molar-refractivity contribution in [3.05, 3.63) is 52.2 Å². The van der Waals surface area contributed by atoms with Crippen molar-refractivity contribution in [3.63, 3.8) is 0 Å². The zero-order valence-corrected chi connectivity index (χ0v) is 10.2. The molecule has 0 saturated heterocycles. The maximum atomic E-state index is 12.4. The minimum atomic E-state index is 0.0158. The molecular formula is C14H13NOS. The van der Waals surface area contributed by atoms with Gasteiger partial charge in [0.25, 0.3) is 0 Å². The van der Waals surface area contributed by atoms with Gasteiger partial charge in [0.1, 0.15) is 0 Å². The van der Waals surface area contributed by atoms with E-state index in [0.29, 0.717) is 0 Å². The van der Waals surface area contributed by atoms with Gasteiger partial charge >= 0.3 is 0 Å². The average Bonchev–Trinajstić information content (AvgIpc) is 2.91. The van der Waals surface area contributed by atoms with Crippen LogP contribution in [0.3, 0.4) is 0 Å². The molecule has 0 spiro atoms. The second-order valence-electron chi connectivity index (χ2n) is 4.23. The molecule has 1 aliphatic heterocycles. The summed E-state index contributed by atoms with van der Waals surface area (Å²) in [5.74, 6) is 0.266. The van der Waals surface area contributed by atoms with Crippen LogP contribution in [0.1, 0.15) is 28.3 Å². The molecule has 1 aromatic heterocycles. The number of carbonyl (C=O) groups excluding carboxylic acids is 1. The highest BCUT2D eigenvalue weighted by Gasteiger charge is 2.26. The van der Waals surface area contributed by atoms with Gasteiger partial charge in [-0.1, -0.05) is 18.2 Å². The van der Waals surface area contributed by atoms with Crippen molar-refractivity contribution >= 4 is 22.8 Å². The molecule has 3 rings (SSSR count). The zero-order chi connectivity index (χ0) is 11.7. The molecule has 0 fully saturated rings. The molecule has 1 atom stereocenters. The van der Waals surface area contributed by atoms with Crippen molar-refractivity contribution in [2.45, 2.75) is 12.3 Å². The smallest absolute Gasteiger partial charge is 0.171 e. The van der Waals surface area contributed by atoms with Gasteiger partial charge in [-0.3, -0.25) is 4.79 Å². The fraction of sp³-hybridized carbons (Fsp3) is 0.214. The van der Waals surface area contributed by atoms with Gasteiger partial charge in [-0.15, -0.1) is 0 Å². The normalized spacial score (nSPS) is 18.2. The number of nitrogens with one attached hydrogen (secondary N) is 1. The van der Waals surface area contributed by atoms with E-state index in [1.54, 1.807) is 11.3 Å². The Hall–Kier alpha value is -1.61. The van der Waals surface area contributed by atoms with Gasteiger partial charge < -0.3 is 5.32 Å². The molecule has 1 N–H and O–H groups in total. The third kappa shape index (κ3) is 1.87. The number of fused-ring (bicyclic) bond motifs is 1. The summed E-state index contributed by atoms with van der Waals surface area (Å²) in [5, 5.41) is 7.24. The first kappa shape index (κ1) is 10.5. The van der Waals surface area contributed by atoms with Gasteiger partial charge in [0.15, 0.2) is 5.78 Å². The van der Waals surface area contributed by atoms with Gasteiger partial charge in [-0.05, 0) is 29.5 Å². The number of ketones is 1. The van der Waals surface area contributed by atoms with Crippen molar-refractivity contribution in [1.29, 1.82) is 0 Å². The monoisotopic (exact) mass is 243 g/mol. The van der Waals surface area contributed by atoms with Gasteiger partial charge in [-0.25, -0.2) is 0 Å². The lowest BCUT2D eigenvalue weighted by molar-refractivity contribution is 0.0956. The highest BCUT2D eigenvalue weighted by Crippen LogP contribution is 2.33. The molecule has 1 unspecified atom stereocenters. The lowest BCUT2D eigenvalue weighted by Crippen LogP contribution is -2.22. The summed E-state index contributed by atoms with van der Waals surface area (Å²) in [6.07, 6.45) is 0.881. The number of rotatable bonds is 2. The molecule has 2 aromatic rings. The van der Waals surface area contributed by atoms with Crippen LogP contribution >= 0.6 is 11.3 Å². The Morgan fingerprint density at radius 1 is 1.29 bits per heavy atom. The van der Waals surface area contributed by atoms with Crippen LogP contribution in [0.25, 0.3) is 0 Å². The Kier molecular flexibility index (Phi) is 2.69. The summed E-state index contributed by atoms with van der Waals surface area (Å²) in [4.78, 5) is 12.4. The topological polar surface area (TPSA) is 29.1 Å². The predicted octanol–water partition coefficient (Wildman–Crippen LogP) is 3.53. The molecule has 1 aromatic carbocycles. The quantitative estimate of drug-likeness (QED) is 0.817. The average molecular weight is 243 g/mol. The SMILES string of the molecule is O=C(c1ccsc1)C1CCNc2ccccc21. The predicted molar refractivity (Wildman–Crippen MR) is 70.9 cm³/mol. The van der Waals surface area contributed by atoms with Crippen molar-refractivity contribution < 1.29 is 4.79 Å². The standard InChI is InChI=1S/C14H13NOS/c16-14(10-6-8-17-9-10)12-5-7-15-13-4-2-1-3-11(12)13/h1-4,6,8-9,12,15H,5,7H2. The first-order valence-electron chi connectivity index (χ1n) is 5.75. The van der Waals surface area contributed by atoms with Crippen LogP contribution in [0.2, 0.25) is 0 Å². The van der Waals surface area contributed by atoms with Crippen LogP contribution in [-0.4, -0.2) is 12.3 Å². The van der Waals surface area contributed by atoms with Gasteiger partial charge in [0, 0.05) is 23.2 Å². The summed E-state index contributed by atoms with van der Waals surface area (Å²) >= 11 is 1.58. The van der Waals surface area contributed by atoms with E-state index in [4.69, 9.17) is 0 Å². The molecule has 0 amide bonds. The molecule has 2 heterocycles. The van der Waals surface area contributed by atoms with Gasteiger partial charge in [0.2, 0.25) is 0 Å². The highest BCUT2D eigenvalue weighted by molar-refractivity contribution is 7.08. The number of hydrogen-bond acceptors (Lipinski definition) is 3. The van der Waals surface area contributed by atoms with Crippen LogP contribution in [0.5, 0.6) is 0 Å². The van der Waals surface area contributed by atoms with E-state index in [-0.39, 0.29) is 11.7 Å². The van der Waals surface area contributed by atoms with E-state index >= 15 is 0 Å². The number of benzene rings is 1. The number of anilines is 1.